The average molecular weight is 546 g/mol. The molecule has 0 unspecified atom stereocenters. The molecule has 0 radical (unpaired) electrons. The third-order valence-electron chi connectivity index (χ3n) is 6.03. The maximum absolute atomic E-state index is 12.7. The van der Waals surface area contributed by atoms with E-state index < -0.39 is 0 Å². The topological polar surface area (TPSA) is 64.7 Å². The van der Waals surface area contributed by atoms with Crippen molar-refractivity contribution in [3.8, 4) is 0 Å². The Morgan fingerprint density at radius 2 is 1.44 bits per heavy atom. The number of hydrogen-bond donors (Lipinski definition) is 2. The van der Waals surface area contributed by atoms with Gasteiger partial charge in [0, 0.05) is 49.0 Å². The minimum atomic E-state index is -0.258. The van der Waals surface area contributed by atoms with Crippen molar-refractivity contribution in [3.63, 3.8) is 0 Å². The molecule has 1 saturated heterocycles. The van der Waals surface area contributed by atoms with Crippen molar-refractivity contribution < 1.29 is 9.59 Å². The van der Waals surface area contributed by atoms with Crippen LogP contribution in [-0.2, 0) is 11.2 Å². The standard InChI is InChI=1S/C27H27Cl3N4O2/c28-20-17-23(29)26(24(30)18-20)32-27(36)34-15-13-33(14-16-34)22-11-9-21(10-12-22)31-25(35)8-4-7-19-5-2-1-3-6-19/h1-3,5-6,9-12,17-18H,4,7-8,13-16H2,(H,31,35)(H,32,36). The van der Waals surface area contributed by atoms with Crippen LogP contribution in [0.4, 0.5) is 21.9 Å². The maximum Gasteiger partial charge on any atom is 0.322 e. The van der Waals surface area contributed by atoms with Crippen LogP contribution in [0.25, 0.3) is 0 Å². The molecule has 9 heteroatoms. The minimum absolute atomic E-state index is 0.0132. The van der Waals surface area contributed by atoms with E-state index in [1.165, 1.54) is 5.56 Å². The van der Waals surface area contributed by atoms with Crippen molar-refractivity contribution in [3.05, 3.63) is 87.4 Å². The summed E-state index contributed by atoms with van der Waals surface area (Å²) in [7, 11) is 0. The Balaban J connectivity index is 1.22. The Hall–Kier alpha value is -2.93. The van der Waals surface area contributed by atoms with Crippen molar-refractivity contribution in [2.24, 2.45) is 0 Å². The summed E-state index contributed by atoms with van der Waals surface area (Å²) >= 11 is 18.3. The Kier molecular flexibility index (Phi) is 8.97. The molecule has 4 rings (SSSR count). The Morgan fingerprint density at radius 1 is 0.806 bits per heavy atom. The van der Waals surface area contributed by atoms with E-state index in [2.05, 4.69) is 27.7 Å². The Morgan fingerprint density at radius 3 is 2.08 bits per heavy atom. The van der Waals surface area contributed by atoms with Crippen molar-refractivity contribution in [2.45, 2.75) is 19.3 Å². The van der Waals surface area contributed by atoms with Crippen LogP contribution in [0.3, 0.4) is 0 Å². The molecule has 1 aliphatic heterocycles. The van der Waals surface area contributed by atoms with Crippen molar-refractivity contribution in [1.29, 1.82) is 0 Å². The van der Waals surface area contributed by atoms with Gasteiger partial charge in [0.05, 0.1) is 15.7 Å². The highest BCUT2D eigenvalue weighted by Crippen LogP contribution is 2.34. The van der Waals surface area contributed by atoms with Gasteiger partial charge in [-0.3, -0.25) is 4.79 Å². The number of nitrogens with one attached hydrogen (secondary N) is 2. The lowest BCUT2D eigenvalue weighted by Gasteiger charge is -2.36. The Bertz CT molecular complexity index is 1170. The van der Waals surface area contributed by atoms with Crippen LogP contribution >= 0.6 is 34.8 Å². The van der Waals surface area contributed by atoms with Gasteiger partial charge in [0.15, 0.2) is 0 Å². The van der Waals surface area contributed by atoms with Gasteiger partial charge in [-0.25, -0.2) is 4.79 Å². The normalized spacial score (nSPS) is 13.4. The first-order valence-corrected chi connectivity index (χ1v) is 12.9. The van der Waals surface area contributed by atoms with E-state index in [1.807, 2.05) is 42.5 Å². The highest BCUT2D eigenvalue weighted by atomic mass is 35.5. The van der Waals surface area contributed by atoms with Crippen LogP contribution in [0, 0.1) is 0 Å². The van der Waals surface area contributed by atoms with Crippen molar-refractivity contribution >= 4 is 63.8 Å². The second-order valence-electron chi connectivity index (χ2n) is 8.58. The molecule has 1 aliphatic rings. The number of carbonyl (C=O) groups excluding carboxylic acids is 2. The van der Waals surface area contributed by atoms with Crippen LogP contribution in [0.5, 0.6) is 0 Å². The maximum atomic E-state index is 12.7. The molecular formula is C27H27Cl3N4O2. The predicted molar refractivity (Wildman–Crippen MR) is 149 cm³/mol. The first kappa shape index (κ1) is 26.1. The lowest BCUT2D eigenvalue weighted by atomic mass is 10.1. The molecular weight excluding hydrogens is 519 g/mol. The highest BCUT2D eigenvalue weighted by molar-refractivity contribution is 6.42. The number of hydrogen-bond acceptors (Lipinski definition) is 3. The van der Waals surface area contributed by atoms with Gasteiger partial charge in [-0.2, -0.15) is 0 Å². The zero-order valence-electron chi connectivity index (χ0n) is 19.6. The molecule has 0 aromatic heterocycles. The number of urea groups is 1. The van der Waals surface area contributed by atoms with Gasteiger partial charge in [-0.1, -0.05) is 65.1 Å². The molecule has 3 aromatic carbocycles. The first-order valence-electron chi connectivity index (χ1n) is 11.8. The third-order valence-corrected chi connectivity index (χ3v) is 6.85. The molecule has 0 atom stereocenters. The third kappa shape index (κ3) is 7.06. The fraction of sp³-hybridized carbons (Fsp3) is 0.259. The zero-order valence-corrected chi connectivity index (χ0v) is 21.9. The zero-order chi connectivity index (χ0) is 25.5. The van der Waals surface area contributed by atoms with E-state index in [0.29, 0.717) is 53.4 Å². The molecule has 0 aliphatic carbocycles. The predicted octanol–water partition coefficient (Wildman–Crippen LogP) is 6.96. The SMILES string of the molecule is O=C(CCCc1ccccc1)Nc1ccc(N2CCN(C(=O)Nc3c(Cl)cc(Cl)cc3Cl)CC2)cc1. The average Bonchev–Trinajstić information content (AvgIpc) is 2.87. The summed E-state index contributed by atoms with van der Waals surface area (Å²) in [5.74, 6) is 0.0132. The van der Waals surface area contributed by atoms with E-state index in [-0.39, 0.29) is 11.9 Å². The monoisotopic (exact) mass is 544 g/mol. The lowest BCUT2D eigenvalue weighted by Crippen LogP contribution is -2.50. The summed E-state index contributed by atoms with van der Waals surface area (Å²) in [5.41, 5.74) is 3.41. The molecule has 3 aromatic rings. The number of anilines is 3. The first-order chi connectivity index (χ1) is 17.4. The van der Waals surface area contributed by atoms with Crippen molar-refractivity contribution in [1.82, 2.24) is 4.90 Å². The van der Waals surface area contributed by atoms with Gasteiger partial charge in [-0.15, -0.1) is 0 Å². The van der Waals surface area contributed by atoms with E-state index in [0.717, 1.165) is 24.2 Å². The molecule has 0 saturated carbocycles. The molecule has 0 bridgehead atoms. The van der Waals surface area contributed by atoms with Crippen LogP contribution in [0.2, 0.25) is 15.1 Å². The van der Waals surface area contributed by atoms with E-state index in [4.69, 9.17) is 34.8 Å². The molecule has 1 fully saturated rings. The minimum Gasteiger partial charge on any atom is -0.368 e. The van der Waals surface area contributed by atoms with Gasteiger partial charge < -0.3 is 20.4 Å². The summed E-state index contributed by atoms with van der Waals surface area (Å²) in [4.78, 5) is 28.9. The summed E-state index contributed by atoms with van der Waals surface area (Å²) in [5, 5.41) is 6.75. The fourth-order valence-corrected chi connectivity index (χ4v) is 5.00. The fourth-order valence-electron chi connectivity index (χ4n) is 4.09. The summed E-state index contributed by atoms with van der Waals surface area (Å²) in [6.45, 7) is 2.46. The highest BCUT2D eigenvalue weighted by Gasteiger charge is 2.23. The van der Waals surface area contributed by atoms with Crippen LogP contribution in [0.1, 0.15) is 18.4 Å². The number of nitrogens with zero attached hydrogens (tertiary/aromatic N) is 2. The van der Waals surface area contributed by atoms with Crippen molar-refractivity contribution in [2.75, 3.05) is 41.7 Å². The second-order valence-corrected chi connectivity index (χ2v) is 9.83. The molecule has 2 N–H and O–H groups in total. The van der Waals surface area contributed by atoms with Gasteiger partial charge in [0.25, 0.3) is 0 Å². The molecule has 3 amide bonds. The number of carbonyl (C=O) groups is 2. The lowest BCUT2D eigenvalue weighted by molar-refractivity contribution is -0.116. The molecule has 6 nitrogen and oxygen atoms in total. The van der Waals surface area contributed by atoms with E-state index >= 15 is 0 Å². The molecule has 1 heterocycles. The van der Waals surface area contributed by atoms with E-state index in [1.54, 1.807) is 17.0 Å². The smallest absolute Gasteiger partial charge is 0.322 e. The number of rotatable bonds is 7. The largest absolute Gasteiger partial charge is 0.368 e. The van der Waals surface area contributed by atoms with Gasteiger partial charge >= 0.3 is 6.03 Å². The number of aryl methyl sites for hydroxylation is 1. The van der Waals surface area contributed by atoms with Crippen LogP contribution in [-0.4, -0.2) is 43.0 Å². The Labute approximate surface area is 226 Å². The summed E-state index contributed by atoms with van der Waals surface area (Å²) in [6, 6.07) is 20.8. The second kappa shape index (κ2) is 12.3. The van der Waals surface area contributed by atoms with Gasteiger partial charge in [-0.05, 0) is 54.8 Å². The van der Waals surface area contributed by atoms with Crippen LogP contribution < -0.4 is 15.5 Å². The van der Waals surface area contributed by atoms with E-state index in [9.17, 15) is 9.59 Å². The summed E-state index contributed by atoms with van der Waals surface area (Å²) in [6.07, 6.45) is 2.17. The molecule has 188 valence electrons. The number of amides is 3. The number of piperazine rings is 1. The van der Waals surface area contributed by atoms with Gasteiger partial charge in [0.2, 0.25) is 5.91 Å². The number of halogens is 3. The van der Waals surface area contributed by atoms with Crippen LogP contribution in [0.15, 0.2) is 66.7 Å². The molecule has 0 spiro atoms. The number of benzene rings is 3. The quantitative estimate of drug-likeness (QED) is 0.337. The summed E-state index contributed by atoms with van der Waals surface area (Å²) < 4.78 is 0. The van der Waals surface area contributed by atoms with Gasteiger partial charge in [0.1, 0.15) is 0 Å². The molecule has 36 heavy (non-hydrogen) atoms.